The van der Waals surface area contributed by atoms with Gasteiger partial charge in [-0.25, -0.2) is 0 Å². The summed E-state index contributed by atoms with van der Waals surface area (Å²) in [7, 11) is 0. The highest BCUT2D eigenvalue weighted by Gasteiger charge is 2.21. The molecule has 21 heavy (non-hydrogen) atoms. The third kappa shape index (κ3) is 2.72. The van der Waals surface area contributed by atoms with Crippen molar-refractivity contribution in [3.8, 4) is 0 Å². The zero-order chi connectivity index (χ0) is 14.8. The van der Waals surface area contributed by atoms with Gasteiger partial charge in [-0.1, -0.05) is 32.0 Å². The molecule has 108 valence electrons. The van der Waals surface area contributed by atoms with E-state index in [0.717, 1.165) is 10.9 Å². The van der Waals surface area contributed by atoms with Crippen molar-refractivity contribution >= 4 is 28.1 Å². The number of nitrogens with one attached hydrogen (secondary N) is 2. The number of hydrogen-bond donors (Lipinski definition) is 2. The van der Waals surface area contributed by atoms with E-state index < -0.39 is 0 Å². The van der Waals surface area contributed by atoms with Crippen molar-refractivity contribution in [3.05, 3.63) is 58.4 Å². The van der Waals surface area contributed by atoms with E-state index in [4.69, 9.17) is 0 Å². The van der Waals surface area contributed by atoms with Gasteiger partial charge in [0.25, 0.3) is 5.91 Å². The third-order valence-electron chi connectivity index (χ3n) is 3.63. The smallest absolute Gasteiger partial charge is 0.253 e. The molecule has 1 atom stereocenters. The summed E-state index contributed by atoms with van der Waals surface area (Å²) < 4.78 is 0. The Bertz CT molecular complexity index is 743. The molecule has 0 saturated carbocycles. The van der Waals surface area contributed by atoms with Crippen molar-refractivity contribution in [3.63, 3.8) is 0 Å². The van der Waals surface area contributed by atoms with Gasteiger partial charge in [-0.2, -0.15) is 0 Å². The number of aromatic nitrogens is 1. The van der Waals surface area contributed by atoms with Crippen LogP contribution in [0.3, 0.4) is 0 Å². The maximum absolute atomic E-state index is 12.6. The van der Waals surface area contributed by atoms with Crippen LogP contribution in [0, 0.1) is 5.92 Å². The lowest BCUT2D eigenvalue weighted by atomic mass is 10.0. The second-order valence-corrected chi connectivity index (χ2v) is 6.44. The summed E-state index contributed by atoms with van der Waals surface area (Å²) in [5.74, 6) is 0.311. The summed E-state index contributed by atoms with van der Waals surface area (Å²) in [4.78, 5) is 17.0. The second-order valence-electron chi connectivity index (χ2n) is 5.46. The Kier molecular flexibility index (Phi) is 3.80. The maximum atomic E-state index is 12.6. The lowest BCUT2D eigenvalue weighted by Gasteiger charge is -2.21. The van der Waals surface area contributed by atoms with Gasteiger partial charge < -0.3 is 10.3 Å². The molecule has 3 aromatic rings. The highest BCUT2D eigenvalue weighted by molar-refractivity contribution is 7.10. The van der Waals surface area contributed by atoms with Gasteiger partial charge in [0, 0.05) is 16.5 Å². The Labute approximate surface area is 128 Å². The quantitative estimate of drug-likeness (QED) is 0.738. The van der Waals surface area contributed by atoms with Gasteiger partial charge in [-0.3, -0.25) is 4.79 Å². The van der Waals surface area contributed by atoms with Crippen LogP contribution in [0.2, 0.25) is 0 Å². The Morgan fingerprint density at radius 3 is 2.76 bits per heavy atom. The Hall–Kier alpha value is -2.07. The van der Waals surface area contributed by atoms with E-state index in [1.165, 1.54) is 4.88 Å². The number of H-pyrrole nitrogens is 1. The predicted molar refractivity (Wildman–Crippen MR) is 87.7 cm³/mol. The largest absolute Gasteiger partial charge is 0.361 e. The molecule has 0 bridgehead atoms. The topological polar surface area (TPSA) is 44.9 Å². The molecule has 0 aliphatic rings. The van der Waals surface area contributed by atoms with Crippen molar-refractivity contribution in [2.75, 3.05) is 0 Å². The number of hydrogen-bond acceptors (Lipinski definition) is 2. The first-order valence-electron chi connectivity index (χ1n) is 7.07. The predicted octanol–water partition coefficient (Wildman–Crippen LogP) is 4.36. The molecule has 3 rings (SSSR count). The van der Waals surface area contributed by atoms with E-state index >= 15 is 0 Å². The van der Waals surface area contributed by atoms with Gasteiger partial charge in [0.15, 0.2) is 0 Å². The fourth-order valence-corrected chi connectivity index (χ4v) is 3.48. The van der Waals surface area contributed by atoms with Crippen LogP contribution in [-0.2, 0) is 0 Å². The van der Waals surface area contributed by atoms with Crippen molar-refractivity contribution < 1.29 is 4.79 Å². The van der Waals surface area contributed by atoms with Gasteiger partial charge in [0.05, 0.1) is 17.1 Å². The first-order valence-corrected chi connectivity index (χ1v) is 7.95. The lowest BCUT2D eigenvalue weighted by Crippen LogP contribution is -2.31. The molecule has 3 nitrogen and oxygen atoms in total. The van der Waals surface area contributed by atoms with Gasteiger partial charge in [0.1, 0.15) is 0 Å². The summed E-state index contributed by atoms with van der Waals surface area (Å²) in [6.07, 6.45) is 1.86. The molecular weight excluding hydrogens is 280 g/mol. The van der Waals surface area contributed by atoms with E-state index in [-0.39, 0.29) is 11.9 Å². The third-order valence-corrected chi connectivity index (χ3v) is 4.59. The number of rotatable bonds is 4. The van der Waals surface area contributed by atoms with Crippen molar-refractivity contribution in [1.82, 2.24) is 10.3 Å². The molecular formula is C17H18N2OS. The van der Waals surface area contributed by atoms with E-state index in [1.54, 1.807) is 11.3 Å². The zero-order valence-electron chi connectivity index (χ0n) is 12.1. The van der Waals surface area contributed by atoms with Crippen LogP contribution < -0.4 is 5.32 Å². The number of fused-ring (bicyclic) bond motifs is 1. The van der Waals surface area contributed by atoms with Crippen molar-refractivity contribution in [1.29, 1.82) is 0 Å². The summed E-state index contributed by atoms with van der Waals surface area (Å²) in [5, 5.41) is 6.27. The Morgan fingerprint density at radius 1 is 1.19 bits per heavy atom. The minimum Gasteiger partial charge on any atom is -0.361 e. The van der Waals surface area contributed by atoms with Crippen LogP contribution in [0.5, 0.6) is 0 Å². The van der Waals surface area contributed by atoms with Gasteiger partial charge in [-0.05, 0) is 29.5 Å². The average molecular weight is 298 g/mol. The molecule has 0 radical (unpaired) electrons. The van der Waals surface area contributed by atoms with E-state index in [2.05, 4.69) is 30.2 Å². The van der Waals surface area contributed by atoms with Gasteiger partial charge in [-0.15, -0.1) is 11.3 Å². The fraction of sp³-hybridized carbons (Fsp3) is 0.235. The number of aromatic amines is 1. The molecule has 2 heterocycles. The molecule has 0 spiro atoms. The molecule has 1 aromatic carbocycles. The molecule has 2 aromatic heterocycles. The van der Waals surface area contributed by atoms with Crippen LogP contribution in [0.15, 0.2) is 48.0 Å². The van der Waals surface area contributed by atoms with E-state index in [9.17, 15) is 4.79 Å². The highest BCUT2D eigenvalue weighted by Crippen LogP contribution is 2.27. The summed E-state index contributed by atoms with van der Waals surface area (Å²) >= 11 is 1.68. The van der Waals surface area contributed by atoms with Crippen molar-refractivity contribution in [2.24, 2.45) is 5.92 Å². The summed E-state index contributed by atoms with van der Waals surface area (Å²) in [6.45, 7) is 4.25. The van der Waals surface area contributed by atoms with Gasteiger partial charge >= 0.3 is 0 Å². The number of carbonyl (C=O) groups excluding carboxylic acids is 1. The number of benzene rings is 1. The lowest BCUT2D eigenvalue weighted by molar-refractivity contribution is 0.0928. The standard InChI is InChI=1S/C17H18N2OS/c1-11(2)15(14-7-4-10-21-14)19-17(20)13-6-3-5-12-8-9-18-16(12)13/h3-11,15,18H,1-2H3,(H,19,20). The molecule has 2 N–H and O–H groups in total. The number of thiophene rings is 1. The fourth-order valence-electron chi connectivity index (χ4n) is 2.53. The van der Waals surface area contributed by atoms with E-state index in [1.807, 2.05) is 41.9 Å². The molecule has 0 saturated heterocycles. The highest BCUT2D eigenvalue weighted by atomic mass is 32.1. The monoisotopic (exact) mass is 298 g/mol. The number of amides is 1. The number of para-hydroxylation sites is 1. The normalized spacial score (nSPS) is 12.7. The van der Waals surface area contributed by atoms with E-state index in [0.29, 0.717) is 11.5 Å². The van der Waals surface area contributed by atoms with Crippen molar-refractivity contribution in [2.45, 2.75) is 19.9 Å². The molecule has 0 fully saturated rings. The van der Waals surface area contributed by atoms with Crippen LogP contribution in [0.1, 0.15) is 35.1 Å². The first kappa shape index (κ1) is 13.9. The molecule has 1 unspecified atom stereocenters. The average Bonchev–Trinajstić information content (AvgIpc) is 3.14. The van der Waals surface area contributed by atoms with Crippen LogP contribution in [0.4, 0.5) is 0 Å². The summed E-state index contributed by atoms with van der Waals surface area (Å²) in [5.41, 5.74) is 1.59. The van der Waals surface area contributed by atoms with Crippen LogP contribution in [-0.4, -0.2) is 10.9 Å². The van der Waals surface area contributed by atoms with Gasteiger partial charge in [0.2, 0.25) is 0 Å². The molecule has 0 aliphatic heterocycles. The second kappa shape index (κ2) is 5.74. The SMILES string of the molecule is CC(C)C(NC(=O)c1cccc2cc[nH]c12)c1cccs1. The number of carbonyl (C=O) groups is 1. The Balaban J connectivity index is 1.90. The first-order chi connectivity index (χ1) is 10.2. The minimum absolute atomic E-state index is 0.0323. The maximum Gasteiger partial charge on any atom is 0.253 e. The molecule has 1 amide bonds. The zero-order valence-corrected chi connectivity index (χ0v) is 12.9. The van der Waals surface area contributed by atoms with Crippen LogP contribution in [0.25, 0.3) is 10.9 Å². The summed E-state index contributed by atoms with van der Waals surface area (Å²) in [6, 6.07) is 11.9. The minimum atomic E-state index is -0.0323. The Morgan fingerprint density at radius 2 is 2.05 bits per heavy atom. The molecule has 0 aliphatic carbocycles. The van der Waals surface area contributed by atoms with Crippen LogP contribution >= 0.6 is 11.3 Å². The molecule has 4 heteroatoms.